The van der Waals surface area contributed by atoms with E-state index in [0.717, 1.165) is 26.1 Å². The molecule has 0 radical (unpaired) electrons. The van der Waals surface area contributed by atoms with Crippen molar-refractivity contribution in [2.45, 2.75) is 46.6 Å². The van der Waals surface area contributed by atoms with Crippen molar-refractivity contribution >= 4 is 17.4 Å². The number of benzene rings is 2. The highest BCUT2D eigenvalue weighted by atomic mass is 16.5. The number of phenols is 1. The zero-order chi connectivity index (χ0) is 26.9. The van der Waals surface area contributed by atoms with Crippen LogP contribution in [0.2, 0.25) is 0 Å². The Morgan fingerprint density at radius 2 is 1.78 bits per heavy atom. The second-order valence-electron chi connectivity index (χ2n) is 8.91. The van der Waals surface area contributed by atoms with Gasteiger partial charge in [-0.2, -0.15) is 0 Å². The van der Waals surface area contributed by atoms with Crippen molar-refractivity contribution in [1.82, 2.24) is 9.80 Å². The molecule has 8 heteroatoms. The van der Waals surface area contributed by atoms with Gasteiger partial charge in [0.15, 0.2) is 11.5 Å². The van der Waals surface area contributed by atoms with E-state index in [9.17, 15) is 19.8 Å². The number of aromatic hydroxyl groups is 1. The van der Waals surface area contributed by atoms with Gasteiger partial charge in [0.05, 0.1) is 24.8 Å². The van der Waals surface area contributed by atoms with E-state index in [-0.39, 0.29) is 22.8 Å². The summed E-state index contributed by atoms with van der Waals surface area (Å²) in [5.41, 5.74) is 0.973. The van der Waals surface area contributed by atoms with Gasteiger partial charge in [-0.25, -0.2) is 0 Å². The number of likely N-dealkylation sites (tertiary alicyclic amines) is 1. The van der Waals surface area contributed by atoms with Crippen LogP contribution in [0.1, 0.15) is 57.7 Å². The minimum absolute atomic E-state index is 0.00798. The molecule has 2 N–H and O–H groups in total. The molecule has 1 atom stereocenters. The number of nitrogens with zero attached hydrogens (tertiary/aromatic N) is 2. The molecule has 1 saturated heterocycles. The van der Waals surface area contributed by atoms with Crippen LogP contribution in [0.5, 0.6) is 17.2 Å². The number of hydrogen-bond donors (Lipinski definition) is 2. The maximum absolute atomic E-state index is 13.3. The normalized spacial score (nSPS) is 17.0. The lowest BCUT2D eigenvalue weighted by Crippen LogP contribution is -2.33. The maximum Gasteiger partial charge on any atom is 0.295 e. The Hall–Kier alpha value is -3.52. The van der Waals surface area contributed by atoms with Gasteiger partial charge in [-0.3, -0.25) is 9.59 Å². The predicted molar refractivity (Wildman–Crippen MR) is 143 cm³/mol. The van der Waals surface area contributed by atoms with Crippen molar-refractivity contribution < 1.29 is 29.3 Å². The number of aliphatic hydroxyl groups is 1. The van der Waals surface area contributed by atoms with Gasteiger partial charge in [0.1, 0.15) is 11.5 Å². The van der Waals surface area contributed by atoms with Gasteiger partial charge >= 0.3 is 0 Å². The second-order valence-corrected chi connectivity index (χ2v) is 8.91. The van der Waals surface area contributed by atoms with Crippen LogP contribution in [0.3, 0.4) is 0 Å². The quantitative estimate of drug-likeness (QED) is 0.228. The van der Waals surface area contributed by atoms with E-state index in [2.05, 4.69) is 18.7 Å². The third-order valence-corrected chi connectivity index (χ3v) is 6.49. The smallest absolute Gasteiger partial charge is 0.295 e. The Morgan fingerprint density at radius 1 is 1.03 bits per heavy atom. The van der Waals surface area contributed by atoms with Gasteiger partial charge < -0.3 is 29.5 Å². The Labute approximate surface area is 219 Å². The lowest BCUT2D eigenvalue weighted by Gasteiger charge is -2.27. The van der Waals surface area contributed by atoms with Crippen LogP contribution in [0, 0.1) is 0 Å². The number of phenolic OH excluding ortho intramolecular Hbond substituents is 1. The van der Waals surface area contributed by atoms with Crippen LogP contribution in [0.25, 0.3) is 5.76 Å². The molecule has 1 aliphatic heterocycles. The molecule has 200 valence electrons. The highest BCUT2D eigenvalue weighted by Crippen LogP contribution is 2.42. The first kappa shape index (κ1) is 28.1. The number of carbonyl (C=O) groups is 2. The molecule has 0 aliphatic carbocycles. The van der Waals surface area contributed by atoms with Crippen LogP contribution >= 0.6 is 0 Å². The standard InChI is InChI=1S/C29H38N2O6/c1-5-17-37-22-12-9-11-21(18-22)27(33)25-26(20-13-14-23(32)24(19-20)36-8-4)31(29(35)28(25)34)16-10-15-30(6-2)7-3/h9,11-14,18-19,26,32-33H,5-8,10,15-17H2,1-4H3. The average Bonchev–Trinajstić information content (AvgIpc) is 3.16. The third kappa shape index (κ3) is 6.43. The molecule has 8 nitrogen and oxygen atoms in total. The van der Waals surface area contributed by atoms with Gasteiger partial charge in [0.25, 0.3) is 11.7 Å². The summed E-state index contributed by atoms with van der Waals surface area (Å²) < 4.78 is 11.3. The van der Waals surface area contributed by atoms with E-state index in [0.29, 0.717) is 43.1 Å². The minimum Gasteiger partial charge on any atom is -0.507 e. The summed E-state index contributed by atoms with van der Waals surface area (Å²) in [4.78, 5) is 30.3. The molecule has 1 amide bonds. The highest BCUT2D eigenvalue weighted by molar-refractivity contribution is 6.46. The molecule has 1 unspecified atom stereocenters. The number of carbonyl (C=O) groups excluding carboxylic acids is 2. The SMILES string of the molecule is CCCOc1cccc(C(O)=C2C(=O)C(=O)N(CCCN(CC)CC)C2c2ccc(O)c(OCC)c2)c1. The molecule has 2 aromatic rings. The molecule has 1 heterocycles. The molecule has 0 aromatic heterocycles. The fourth-order valence-electron chi connectivity index (χ4n) is 4.54. The fraction of sp³-hybridized carbons (Fsp3) is 0.448. The molecule has 0 spiro atoms. The summed E-state index contributed by atoms with van der Waals surface area (Å²) in [6.07, 6.45) is 1.50. The lowest BCUT2D eigenvalue weighted by atomic mass is 9.95. The molecule has 37 heavy (non-hydrogen) atoms. The number of Topliss-reactive ketones (excluding diaryl/α,β-unsaturated/α-hetero) is 1. The summed E-state index contributed by atoms with van der Waals surface area (Å²) >= 11 is 0. The predicted octanol–water partition coefficient (Wildman–Crippen LogP) is 4.73. The Balaban J connectivity index is 2.08. The van der Waals surface area contributed by atoms with Crippen molar-refractivity contribution in [3.63, 3.8) is 0 Å². The van der Waals surface area contributed by atoms with Crippen molar-refractivity contribution in [3.05, 3.63) is 59.2 Å². The number of amides is 1. The summed E-state index contributed by atoms with van der Waals surface area (Å²) in [6.45, 7) is 11.7. The van der Waals surface area contributed by atoms with Crippen molar-refractivity contribution in [2.24, 2.45) is 0 Å². The largest absolute Gasteiger partial charge is 0.507 e. The fourth-order valence-corrected chi connectivity index (χ4v) is 4.54. The molecular weight excluding hydrogens is 472 g/mol. The van der Waals surface area contributed by atoms with Crippen LogP contribution < -0.4 is 9.47 Å². The first-order valence-electron chi connectivity index (χ1n) is 13.1. The number of rotatable bonds is 13. The number of hydrogen-bond acceptors (Lipinski definition) is 7. The maximum atomic E-state index is 13.3. The summed E-state index contributed by atoms with van der Waals surface area (Å²) in [6, 6.07) is 10.8. The van der Waals surface area contributed by atoms with Gasteiger partial charge in [-0.1, -0.05) is 39.0 Å². The van der Waals surface area contributed by atoms with E-state index in [4.69, 9.17) is 9.47 Å². The van der Waals surface area contributed by atoms with Gasteiger partial charge in [0, 0.05) is 12.1 Å². The van der Waals surface area contributed by atoms with Gasteiger partial charge in [-0.15, -0.1) is 0 Å². The van der Waals surface area contributed by atoms with E-state index < -0.39 is 17.7 Å². The van der Waals surface area contributed by atoms with Crippen LogP contribution in [-0.4, -0.2) is 71.1 Å². The van der Waals surface area contributed by atoms with Crippen LogP contribution in [0.4, 0.5) is 0 Å². The molecule has 1 fully saturated rings. The Morgan fingerprint density at radius 3 is 2.46 bits per heavy atom. The van der Waals surface area contributed by atoms with E-state index in [1.54, 1.807) is 43.3 Å². The average molecular weight is 511 g/mol. The Kier molecular flexibility index (Phi) is 9.97. The monoisotopic (exact) mass is 510 g/mol. The lowest BCUT2D eigenvalue weighted by molar-refractivity contribution is -0.140. The first-order chi connectivity index (χ1) is 17.9. The molecule has 0 saturated carbocycles. The van der Waals surface area contributed by atoms with E-state index >= 15 is 0 Å². The molecule has 1 aliphatic rings. The Bertz CT molecular complexity index is 1130. The zero-order valence-corrected chi connectivity index (χ0v) is 22.2. The number of aliphatic hydroxyl groups excluding tert-OH is 1. The summed E-state index contributed by atoms with van der Waals surface area (Å²) in [5.74, 6) is -0.873. The zero-order valence-electron chi connectivity index (χ0n) is 22.2. The molecule has 3 rings (SSSR count). The molecule has 2 aromatic carbocycles. The molecule has 0 bridgehead atoms. The number of ketones is 1. The van der Waals surface area contributed by atoms with E-state index in [1.807, 2.05) is 6.92 Å². The highest BCUT2D eigenvalue weighted by Gasteiger charge is 2.46. The van der Waals surface area contributed by atoms with Gasteiger partial charge in [0.2, 0.25) is 0 Å². The first-order valence-corrected chi connectivity index (χ1v) is 13.1. The van der Waals surface area contributed by atoms with Crippen LogP contribution in [0.15, 0.2) is 48.0 Å². The summed E-state index contributed by atoms with van der Waals surface area (Å²) in [7, 11) is 0. The van der Waals surface area contributed by atoms with E-state index in [1.165, 1.54) is 11.0 Å². The van der Waals surface area contributed by atoms with Gasteiger partial charge in [-0.05, 0) is 69.2 Å². The number of ether oxygens (including phenoxy) is 2. The summed E-state index contributed by atoms with van der Waals surface area (Å²) in [5, 5.41) is 21.6. The topological polar surface area (TPSA) is 99.5 Å². The minimum atomic E-state index is -0.822. The second kappa shape index (κ2) is 13.1. The van der Waals surface area contributed by atoms with Crippen molar-refractivity contribution in [3.8, 4) is 17.2 Å². The van der Waals surface area contributed by atoms with Crippen LogP contribution in [-0.2, 0) is 9.59 Å². The molecular formula is C29H38N2O6. The van der Waals surface area contributed by atoms with Crippen molar-refractivity contribution in [2.75, 3.05) is 39.4 Å². The van der Waals surface area contributed by atoms with Crippen molar-refractivity contribution in [1.29, 1.82) is 0 Å². The third-order valence-electron chi connectivity index (χ3n) is 6.49.